The van der Waals surface area contributed by atoms with Crippen molar-refractivity contribution >= 4 is 46.1 Å². The minimum atomic E-state index is -5.06. The van der Waals surface area contributed by atoms with E-state index in [4.69, 9.17) is 0 Å². The van der Waals surface area contributed by atoms with Crippen LogP contribution in [-0.4, -0.2) is 0 Å². The monoisotopic (exact) mass is 690 g/mol. The fourth-order valence-electron chi connectivity index (χ4n) is 6.02. The summed E-state index contributed by atoms with van der Waals surface area (Å²) in [5, 5.41) is -1.17. The first-order valence-corrected chi connectivity index (χ1v) is 18.1. The van der Waals surface area contributed by atoms with Gasteiger partial charge in [-0.3, -0.25) is 0 Å². The molecule has 242 valence electrons. The van der Waals surface area contributed by atoms with Gasteiger partial charge in [-0.15, -0.1) is 0 Å². The molecule has 0 saturated heterocycles. The van der Waals surface area contributed by atoms with Crippen LogP contribution in [0.2, 0.25) is 0 Å². The summed E-state index contributed by atoms with van der Waals surface area (Å²) in [5.41, 5.74) is -3.27. The predicted octanol–water partition coefficient (Wildman–Crippen LogP) is 8.67. The van der Waals surface area contributed by atoms with Crippen molar-refractivity contribution in [1.29, 1.82) is 0 Å². The number of hydrogen-bond donors (Lipinski definition) is 0. The van der Waals surface area contributed by atoms with Crippen LogP contribution in [0.5, 0.6) is 0 Å². The third kappa shape index (κ3) is 5.85. The standard InChI is InChI=1S/C38H26F6O2P2/c39-37(40,41)33-25-13-23-31(35(33)47(45,27-15-5-1-6-16-27)28-17-7-2-8-18-28)32-24-14-26-34(38(42,43)44)36(32)48(46,29-19-9-3-10-20-29)30-21-11-4-12-22-30/h1-26H. The molecule has 0 N–H and O–H groups in total. The highest BCUT2D eigenvalue weighted by Crippen LogP contribution is 2.52. The Morgan fingerprint density at radius 2 is 0.583 bits per heavy atom. The van der Waals surface area contributed by atoms with Gasteiger partial charge in [0, 0.05) is 31.8 Å². The fraction of sp³-hybridized carbons (Fsp3) is 0.0526. The van der Waals surface area contributed by atoms with Crippen LogP contribution < -0.4 is 31.8 Å². The molecule has 0 aromatic heterocycles. The van der Waals surface area contributed by atoms with Gasteiger partial charge >= 0.3 is 12.4 Å². The quantitative estimate of drug-likeness (QED) is 0.124. The molecule has 0 radical (unpaired) electrons. The summed E-state index contributed by atoms with van der Waals surface area (Å²) in [6, 6.07) is 36.5. The van der Waals surface area contributed by atoms with Crippen LogP contribution in [0.15, 0.2) is 158 Å². The molecule has 0 unspecified atom stereocenters. The molecule has 0 heterocycles. The Balaban J connectivity index is 1.84. The van der Waals surface area contributed by atoms with E-state index in [0.29, 0.717) is 0 Å². The number of alkyl halides is 6. The lowest BCUT2D eigenvalue weighted by Gasteiger charge is -2.30. The van der Waals surface area contributed by atoms with E-state index < -0.39 is 48.4 Å². The molecule has 0 saturated carbocycles. The first kappa shape index (κ1) is 33.3. The van der Waals surface area contributed by atoms with E-state index in [0.717, 1.165) is 24.3 Å². The molecule has 0 amide bonds. The summed E-state index contributed by atoms with van der Waals surface area (Å²) in [5.74, 6) is 0. The Hall–Kier alpha value is -4.64. The molecule has 0 fully saturated rings. The highest BCUT2D eigenvalue weighted by atomic mass is 31.2. The summed E-state index contributed by atoms with van der Waals surface area (Å²) in [4.78, 5) is 0. The van der Waals surface area contributed by atoms with E-state index in [1.54, 1.807) is 24.3 Å². The molecule has 0 bridgehead atoms. The van der Waals surface area contributed by atoms with Crippen molar-refractivity contribution in [3.05, 3.63) is 169 Å². The van der Waals surface area contributed by atoms with Crippen LogP contribution in [0.1, 0.15) is 11.1 Å². The second kappa shape index (κ2) is 12.8. The van der Waals surface area contributed by atoms with Crippen LogP contribution in [0.25, 0.3) is 11.1 Å². The summed E-state index contributed by atoms with van der Waals surface area (Å²) < 4.78 is 122. The van der Waals surface area contributed by atoms with Gasteiger partial charge in [0.2, 0.25) is 0 Å². The van der Waals surface area contributed by atoms with Crippen LogP contribution in [0.3, 0.4) is 0 Å². The summed E-state index contributed by atoms with van der Waals surface area (Å²) in [6.07, 6.45) is -10.1. The van der Waals surface area contributed by atoms with Gasteiger partial charge in [-0.2, -0.15) is 26.3 Å². The van der Waals surface area contributed by atoms with Gasteiger partial charge in [-0.25, -0.2) is 0 Å². The molecule has 0 atom stereocenters. The minimum Gasteiger partial charge on any atom is -0.309 e. The van der Waals surface area contributed by atoms with Gasteiger partial charge in [-0.05, 0) is 23.3 Å². The topological polar surface area (TPSA) is 34.1 Å². The van der Waals surface area contributed by atoms with E-state index >= 15 is 35.5 Å². The second-order valence-corrected chi connectivity index (χ2v) is 16.4. The first-order chi connectivity index (χ1) is 22.9. The maximum absolute atomic E-state index is 15.7. The van der Waals surface area contributed by atoms with E-state index in [-0.39, 0.29) is 32.3 Å². The molecular formula is C38H26F6O2P2. The second-order valence-electron chi connectivity index (χ2n) is 11.0. The zero-order valence-electron chi connectivity index (χ0n) is 25.0. The maximum atomic E-state index is 15.7. The molecule has 10 heteroatoms. The van der Waals surface area contributed by atoms with Crippen LogP contribution >= 0.6 is 14.3 Å². The lowest BCUT2D eigenvalue weighted by atomic mass is 10.00. The number of benzene rings is 6. The molecule has 6 aromatic carbocycles. The minimum absolute atomic E-state index is 0.0528. The lowest BCUT2D eigenvalue weighted by molar-refractivity contribution is -0.137. The largest absolute Gasteiger partial charge is 0.417 e. The third-order valence-electron chi connectivity index (χ3n) is 8.08. The van der Waals surface area contributed by atoms with Gasteiger partial charge in [0.1, 0.15) is 0 Å². The third-order valence-corrected chi connectivity index (χ3v) is 14.4. The predicted molar refractivity (Wildman–Crippen MR) is 181 cm³/mol. The van der Waals surface area contributed by atoms with Crippen molar-refractivity contribution in [2.75, 3.05) is 0 Å². The summed E-state index contributed by atoms with van der Waals surface area (Å²) in [7, 11) is -8.95. The molecule has 2 nitrogen and oxygen atoms in total. The van der Waals surface area contributed by atoms with Crippen molar-refractivity contribution in [2.45, 2.75) is 12.4 Å². The average molecular weight is 691 g/mol. The van der Waals surface area contributed by atoms with Crippen molar-refractivity contribution in [3.63, 3.8) is 0 Å². The zero-order valence-corrected chi connectivity index (χ0v) is 26.8. The maximum Gasteiger partial charge on any atom is 0.417 e. The molecule has 0 spiro atoms. The zero-order chi connectivity index (χ0) is 34.2. The van der Waals surface area contributed by atoms with Crippen LogP contribution in [0.4, 0.5) is 26.3 Å². The SMILES string of the molecule is O=P(c1ccccc1)(c1ccccc1)c1c(-c2cccc(C(F)(F)F)c2P(=O)(c2ccccc2)c2ccccc2)cccc1C(F)(F)F. The van der Waals surface area contributed by atoms with E-state index in [9.17, 15) is 0 Å². The molecule has 6 rings (SSSR count). The van der Waals surface area contributed by atoms with Gasteiger partial charge in [0.25, 0.3) is 0 Å². The van der Waals surface area contributed by atoms with Crippen molar-refractivity contribution in [3.8, 4) is 11.1 Å². The van der Waals surface area contributed by atoms with Gasteiger partial charge < -0.3 is 9.13 Å². The normalized spacial score (nSPS) is 12.5. The van der Waals surface area contributed by atoms with Crippen molar-refractivity contribution < 1.29 is 35.5 Å². The number of halogens is 6. The smallest absolute Gasteiger partial charge is 0.309 e. The molecule has 0 aliphatic heterocycles. The Morgan fingerprint density at radius 3 is 0.812 bits per heavy atom. The molecule has 6 aromatic rings. The van der Waals surface area contributed by atoms with E-state index in [1.807, 2.05) is 0 Å². The van der Waals surface area contributed by atoms with Gasteiger partial charge in [0.05, 0.1) is 11.1 Å². The molecule has 48 heavy (non-hydrogen) atoms. The Kier molecular flexibility index (Phi) is 8.84. The highest BCUT2D eigenvalue weighted by Gasteiger charge is 2.46. The Labute approximate surface area is 273 Å². The van der Waals surface area contributed by atoms with Crippen molar-refractivity contribution in [1.82, 2.24) is 0 Å². The number of hydrogen-bond acceptors (Lipinski definition) is 2. The van der Waals surface area contributed by atoms with E-state index in [1.165, 1.54) is 109 Å². The molecule has 0 aliphatic rings. The Morgan fingerprint density at radius 1 is 0.333 bits per heavy atom. The number of rotatable bonds is 7. The fourth-order valence-corrected chi connectivity index (χ4v) is 12.2. The summed E-state index contributed by atoms with van der Waals surface area (Å²) >= 11 is 0. The van der Waals surface area contributed by atoms with E-state index in [2.05, 4.69) is 0 Å². The highest BCUT2D eigenvalue weighted by molar-refractivity contribution is 7.86. The molecular weight excluding hydrogens is 664 g/mol. The lowest BCUT2D eigenvalue weighted by Crippen LogP contribution is -2.35. The Bertz CT molecular complexity index is 1910. The summed E-state index contributed by atoms with van der Waals surface area (Å²) in [6.45, 7) is 0. The first-order valence-electron chi connectivity index (χ1n) is 14.7. The molecule has 0 aliphatic carbocycles. The van der Waals surface area contributed by atoms with Crippen LogP contribution in [0, 0.1) is 0 Å². The van der Waals surface area contributed by atoms with Crippen molar-refractivity contribution in [2.24, 2.45) is 0 Å². The van der Waals surface area contributed by atoms with Gasteiger partial charge in [0.15, 0.2) is 14.3 Å². The average Bonchev–Trinajstić information content (AvgIpc) is 3.11. The van der Waals surface area contributed by atoms with Gasteiger partial charge in [-0.1, -0.05) is 146 Å². The van der Waals surface area contributed by atoms with Crippen LogP contribution in [-0.2, 0) is 21.5 Å².